The Bertz CT molecular complexity index is 987. The molecule has 2 atom stereocenters. The lowest BCUT2D eigenvalue weighted by Gasteiger charge is -2.33. The van der Waals surface area contributed by atoms with Crippen molar-refractivity contribution in [3.8, 4) is 0 Å². The van der Waals surface area contributed by atoms with Gasteiger partial charge in [-0.15, -0.1) is 0 Å². The molecule has 5 nitrogen and oxygen atoms in total. The summed E-state index contributed by atoms with van der Waals surface area (Å²) in [5.41, 5.74) is 5.34. The molecule has 2 saturated heterocycles. The highest BCUT2D eigenvalue weighted by molar-refractivity contribution is 5.82. The van der Waals surface area contributed by atoms with Crippen LogP contribution >= 0.6 is 0 Å². The van der Waals surface area contributed by atoms with E-state index in [9.17, 15) is 4.79 Å². The molecule has 5 heteroatoms. The normalized spacial score (nSPS) is 23.2. The number of benzene rings is 2. The summed E-state index contributed by atoms with van der Waals surface area (Å²) in [6.07, 6.45) is 5.67. The highest BCUT2D eigenvalue weighted by Crippen LogP contribution is 2.24. The van der Waals surface area contributed by atoms with E-state index in [4.69, 9.17) is 9.84 Å². The maximum Gasteiger partial charge on any atom is 0.330 e. The van der Waals surface area contributed by atoms with Crippen LogP contribution in [-0.4, -0.2) is 60.8 Å². The number of ether oxygens (including phenoxy) is 1. The van der Waals surface area contributed by atoms with Gasteiger partial charge in [-0.2, -0.15) is 0 Å². The Morgan fingerprint density at radius 3 is 1.75 bits per heavy atom. The van der Waals surface area contributed by atoms with E-state index in [2.05, 4.69) is 78.2 Å². The summed E-state index contributed by atoms with van der Waals surface area (Å²) in [6.45, 7) is 10.8. The van der Waals surface area contributed by atoms with Crippen LogP contribution in [0.1, 0.15) is 37.8 Å². The summed E-state index contributed by atoms with van der Waals surface area (Å²) in [7, 11) is 1.43. The van der Waals surface area contributed by atoms with E-state index in [0.29, 0.717) is 11.8 Å². The maximum absolute atomic E-state index is 11.3. The number of rotatable bonds is 6. The molecule has 2 fully saturated rings. The average molecular weight is 491 g/mol. The molecule has 194 valence electrons. The van der Waals surface area contributed by atoms with E-state index in [1.54, 1.807) is 6.08 Å². The highest BCUT2D eigenvalue weighted by atomic mass is 16.5. The molecule has 2 aromatic rings. The molecule has 0 aromatic heterocycles. The predicted octanol–water partition coefficient (Wildman–Crippen LogP) is 5.07. The van der Waals surface area contributed by atoms with Gasteiger partial charge in [0.05, 0.1) is 13.7 Å². The van der Waals surface area contributed by atoms with E-state index >= 15 is 0 Å². The second-order valence-corrected chi connectivity index (χ2v) is 9.95. The van der Waals surface area contributed by atoms with Crippen LogP contribution in [0.25, 0.3) is 0 Å². The number of carbonyl (C=O) groups is 1. The first-order chi connectivity index (χ1) is 17.5. The minimum absolute atomic E-state index is 0.179. The second-order valence-electron chi connectivity index (χ2n) is 9.95. The van der Waals surface area contributed by atoms with Gasteiger partial charge in [0.15, 0.2) is 0 Å². The van der Waals surface area contributed by atoms with Gasteiger partial charge in [-0.05, 0) is 35.8 Å². The molecule has 2 heterocycles. The number of aliphatic hydroxyl groups excluding tert-OH is 1. The summed E-state index contributed by atoms with van der Waals surface area (Å²) in [4.78, 5) is 16.2. The number of piperidine rings is 2. The summed E-state index contributed by atoms with van der Waals surface area (Å²) >= 11 is 0. The van der Waals surface area contributed by atoms with Crippen LogP contribution in [0.4, 0.5) is 0 Å². The molecule has 2 aromatic carbocycles. The van der Waals surface area contributed by atoms with E-state index in [1.807, 2.05) is 12.1 Å². The Morgan fingerprint density at radius 1 is 0.861 bits per heavy atom. The topological polar surface area (TPSA) is 53.0 Å². The van der Waals surface area contributed by atoms with Crippen molar-refractivity contribution in [3.05, 3.63) is 95.1 Å². The minimum atomic E-state index is -0.238. The molecule has 2 unspecified atom stereocenters. The molecule has 0 spiro atoms. The lowest BCUT2D eigenvalue weighted by molar-refractivity contribution is -0.134. The van der Waals surface area contributed by atoms with Crippen molar-refractivity contribution in [2.75, 3.05) is 39.9 Å². The second kappa shape index (κ2) is 14.7. The number of likely N-dealkylation sites (tertiary alicyclic amines) is 2. The van der Waals surface area contributed by atoms with E-state index < -0.39 is 0 Å². The Morgan fingerprint density at radius 2 is 1.33 bits per heavy atom. The van der Waals surface area contributed by atoms with E-state index in [1.165, 1.54) is 29.4 Å². The number of esters is 1. The number of hydrogen-bond acceptors (Lipinski definition) is 5. The Labute approximate surface area is 217 Å². The van der Waals surface area contributed by atoms with Gasteiger partial charge in [0.25, 0.3) is 0 Å². The predicted molar refractivity (Wildman–Crippen MR) is 146 cm³/mol. The van der Waals surface area contributed by atoms with Crippen LogP contribution in [0.3, 0.4) is 0 Å². The van der Waals surface area contributed by atoms with Gasteiger partial charge >= 0.3 is 5.97 Å². The molecule has 2 aliphatic rings. The zero-order valence-corrected chi connectivity index (χ0v) is 22.1. The fourth-order valence-electron chi connectivity index (χ4n) is 5.07. The maximum atomic E-state index is 11.3. The van der Waals surface area contributed by atoms with E-state index in [-0.39, 0.29) is 12.6 Å². The Kier molecular flexibility index (Phi) is 11.4. The standard InChI is InChI=1S/C16H21NO2.C15H21NO/c1-13-11-17(12-14-6-4-3-5-7-14)9-8-15(13)10-16(18)19-2;1-13-11-16(9-7-15(13)8-10-17)12-14-5-3-2-4-6-14/h3-7,10,13H,8-9,11-12H2,1-2H3;2-6,8,13,17H,7,9-12H2,1H3/b15-10-;15-8-. The number of methoxy groups -OCH3 is 1. The fraction of sp³-hybridized carbons (Fsp3) is 0.452. The van der Waals surface area contributed by atoms with Gasteiger partial charge in [-0.3, -0.25) is 9.80 Å². The molecular weight excluding hydrogens is 448 g/mol. The minimum Gasteiger partial charge on any atom is -0.466 e. The first-order valence-electron chi connectivity index (χ1n) is 13.1. The third kappa shape index (κ3) is 9.05. The largest absolute Gasteiger partial charge is 0.466 e. The first kappa shape index (κ1) is 27.9. The molecule has 1 N–H and O–H groups in total. The van der Waals surface area contributed by atoms with Crippen molar-refractivity contribution in [2.24, 2.45) is 11.8 Å². The van der Waals surface area contributed by atoms with Gasteiger partial charge in [-0.25, -0.2) is 4.79 Å². The smallest absolute Gasteiger partial charge is 0.330 e. The molecular formula is C31H42N2O3. The molecule has 0 radical (unpaired) electrons. The molecule has 4 rings (SSSR count). The molecule has 0 aliphatic carbocycles. The van der Waals surface area contributed by atoms with Gasteiger partial charge in [0, 0.05) is 45.3 Å². The SMILES string of the molecule is CC1CN(Cc2ccccc2)CC/C1=C/CO.COC(=O)/C=C1/CCN(Cc2ccccc2)CC1C. The number of carbonyl (C=O) groups excluding carboxylic acids is 1. The number of nitrogens with zero attached hydrogens (tertiary/aromatic N) is 2. The van der Waals surface area contributed by atoms with Crippen LogP contribution in [0, 0.1) is 11.8 Å². The van der Waals surface area contributed by atoms with Crippen molar-refractivity contribution < 1.29 is 14.6 Å². The molecule has 0 amide bonds. The third-order valence-corrected chi connectivity index (χ3v) is 7.12. The van der Waals surface area contributed by atoms with Crippen LogP contribution in [0.15, 0.2) is 84.0 Å². The highest BCUT2D eigenvalue weighted by Gasteiger charge is 2.22. The molecule has 0 bridgehead atoms. The fourth-order valence-corrected chi connectivity index (χ4v) is 5.07. The van der Waals surface area contributed by atoms with Gasteiger partial charge in [0.2, 0.25) is 0 Å². The molecule has 0 saturated carbocycles. The molecule has 2 aliphatic heterocycles. The Balaban J connectivity index is 0.000000202. The zero-order valence-electron chi connectivity index (χ0n) is 22.1. The van der Waals surface area contributed by atoms with Gasteiger partial charge in [-0.1, -0.05) is 91.7 Å². The van der Waals surface area contributed by atoms with E-state index in [0.717, 1.165) is 52.1 Å². The third-order valence-electron chi connectivity index (χ3n) is 7.12. The summed E-state index contributed by atoms with van der Waals surface area (Å²) in [5.74, 6) is 0.745. The van der Waals surface area contributed by atoms with Crippen LogP contribution < -0.4 is 0 Å². The van der Waals surface area contributed by atoms with Crippen molar-refractivity contribution in [1.82, 2.24) is 9.80 Å². The van der Waals surface area contributed by atoms with Gasteiger partial charge < -0.3 is 9.84 Å². The summed E-state index contributed by atoms with van der Waals surface area (Å²) in [6, 6.07) is 21.1. The van der Waals surface area contributed by atoms with Crippen LogP contribution in [-0.2, 0) is 22.6 Å². The van der Waals surface area contributed by atoms with Crippen molar-refractivity contribution in [2.45, 2.75) is 39.8 Å². The van der Waals surface area contributed by atoms with Crippen molar-refractivity contribution in [3.63, 3.8) is 0 Å². The van der Waals surface area contributed by atoms with Crippen LogP contribution in [0.5, 0.6) is 0 Å². The molecule has 36 heavy (non-hydrogen) atoms. The average Bonchev–Trinajstić information content (AvgIpc) is 2.89. The van der Waals surface area contributed by atoms with Crippen LogP contribution in [0.2, 0.25) is 0 Å². The summed E-state index contributed by atoms with van der Waals surface area (Å²) < 4.78 is 4.69. The lowest BCUT2D eigenvalue weighted by Crippen LogP contribution is -2.35. The Hall–Kier alpha value is -2.73. The number of aliphatic hydroxyl groups is 1. The lowest BCUT2D eigenvalue weighted by atomic mass is 9.92. The number of hydrogen-bond donors (Lipinski definition) is 1. The quantitative estimate of drug-likeness (QED) is 0.348. The monoisotopic (exact) mass is 490 g/mol. The van der Waals surface area contributed by atoms with Crippen molar-refractivity contribution in [1.29, 1.82) is 0 Å². The van der Waals surface area contributed by atoms with Gasteiger partial charge in [0.1, 0.15) is 0 Å². The summed E-state index contributed by atoms with van der Waals surface area (Å²) in [5, 5.41) is 8.95. The zero-order chi connectivity index (χ0) is 25.8. The van der Waals surface area contributed by atoms with Crippen molar-refractivity contribution >= 4 is 5.97 Å². The first-order valence-corrected chi connectivity index (χ1v) is 13.1.